The second-order valence-corrected chi connectivity index (χ2v) is 3.10. The van der Waals surface area contributed by atoms with Gasteiger partial charge < -0.3 is 9.79 Å². The minimum atomic E-state index is -2.08. The Bertz CT molecular complexity index is 260. The first-order valence-electron chi connectivity index (χ1n) is 2.97. The van der Waals surface area contributed by atoms with Crippen molar-refractivity contribution in [1.29, 1.82) is 0 Å². The minimum absolute atomic E-state index is 0.393. The molecule has 58 valence electrons. The number of hydrogen-bond donors (Lipinski definition) is 2. The van der Waals surface area contributed by atoms with E-state index in [1.807, 2.05) is 0 Å². The van der Waals surface area contributed by atoms with E-state index in [4.69, 9.17) is 9.79 Å². The SMILES string of the molecule is O=Cc1cccc(P(O)O)c1. The lowest BCUT2D eigenvalue weighted by Crippen LogP contribution is -2.00. The summed E-state index contributed by atoms with van der Waals surface area (Å²) in [7, 11) is -2.08. The summed E-state index contributed by atoms with van der Waals surface area (Å²) in [5.41, 5.74) is 0.457. The predicted molar refractivity (Wildman–Crippen MR) is 42.8 cm³/mol. The second kappa shape index (κ2) is 3.58. The molecule has 0 amide bonds. The molecular formula is C7H7O3P. The molecule has 0 atom stereocenters. The van der Waals surface area contributed by atoms with Crippen molar-refractivity contribution in [3.8, 4) is 0 Å². The van der Waals surface area contributed by atoms with Crippen LogP contribution in [0.5, 0.6) is 0 Å². The van der Waals surface area contributed by atoms with Gasteiger partial charge >= 0.3 is 0 Å². The maximum Gasteiger partial charge on any atom is 0.199 e. The average molecular weight is 170 g/mol. The van der Waals surface area contributed by atoms with E-state index >= 15 is 0 Å². The maximum atomic E-state index is 10.2. The zero-order valence-corrected chi connectivity index (χ0v) is 6.53. The maximum absolute atomic E-state index is 10.2. The van der Waals surface area contributed by atoms with Gasteiger partial charge in [-0.3, -0.25) is 4.79 Å². The highest BCUT2D eigenvalue weighted by atomic mass is 31.2. The first-order chi connectivity index (χ1) is 5.24. The van der Waals surface area contributed by atoms with Gasteiger partial charge in [-0.1, -0.05) is 12.1 Å². The summed E-state index contributed by atoms with van der Waals surface area (Å²) in [6.07, 6.45) is 0.669. The van der Waals surface area contributed by atoms with Gasteiger partial charge in [0.15, 0.2) is 8.38 Å². The van der Waals surface area contributed by atoms with Crippen LogP contribution in [0.15, 0.2) is 24.3 Å². The van der Waals surface area contributed by atoms with Gasteiger partial charge in [-0.2, -0.15) is 0 Å². The second-order valence-electron chi connectivity index (χ2n) is 2.00. The zero-order chi connectivity index (χ0) is 8.27. The number of hydrogen-bond acceptors (Lipinski definition) is 3. The van der Waals surface area contributed by atoms with Crippen molar-refractivity contribution in [3.63, 3.8) is 0 Å². The fourth-order valence-electron chi connectivity index (χ4n) is 0.723. The highest BCUT2D eigenvalue weighted by Crippen LogP contribution is 2.21. The van der Waals surface area contributed by atoms with Gasteiger partial charge in [0.2, 0.25) is 0 Å². The molecule has 0 aromatic heterocycles. The number of carbonyl (C=O) groups is 1. The number of benzene rings is 1. The lowest BCUT2D eigenvalue weighted by molar-refractivity contribution is 0.112. The van der Waals surface area contributed by atoms with Crippen molar-refractivity contribution in [1.82, 2.24) is 0 Å². The molecule has 0 heterocycles. The fourth-order valence-corrected chi connectivity index (χ4v) is 1.21. The lowest BCUT2D eigenvalue weighted by Gasteiger charge is -2.00. The van der Waals surface area contributed by atoms with Crippen LogP contribution in [-0.4, -0.2) is 16.1 Å². The Morgan fingerprint density at radius 1 is 1.36 bits per heavy atom. The molecule has 0 aliphatic heterocycles. The largest absolute Gasteiger partial charge is 0.347 e. The van der Waals surface area contributed by atoms with Crippen LogP contribution < -0.4 is 5.30 Å². The molecule has 0 unspecified atom stereocenters. The molecule has 2 N–H and O–H groups in total. The van der Waals surface area contributed by atoms with Crippen molar-refractivity contribution in [2.24, 2.45) is 0 Å². The van der Waals surface area contributed by atoms with E-state index in [0.29, 0.717) is 17.2 Å². The van der Waals surface area contributed by atoms with Gasteiger partial charge in [-0.05, 0) is 12.1 Å². The van der Waals surface area contributed by atoms with Gasteiger partial charge in [0.1, 0.15) is 6.29 Å². The Labute approximate surface area is 65.2 Å². The van der Waals surface area contributed by atoms with Crippen LogP contribution in [0.4, 0.5) is 0 Å². The molecule has 0 saturated carbocycles. The molecule has 0 aliphatic rings. The van der Waals surface area contributed by atoms with E-state index in [1.165, 1.54) is 6.07 Å². The standard InChI is InChI=1S/C7H7O3P/c8-5-6-2-1-3-7(4-6)11(9)10/h1-5,9-10H. The van der Waals surface area contributed by atoms with Crippen LogP contribution in [0.1, 0.15) is 10.4 Å². The molecule has 0 fully saturated rings. The van der Waals surface area contributed by atoms with Gasteiger partial charge in [0.05, 0.1) is 0 Å². The van der Waals surface area contributed by atoms with Gasteiger partial charge in [-0.15, -0.1) is 0 Å². The summed E-state index contributed by atoms with van der Waals surface area (Å²) in [5.74, 6) is 0. The first-order valence-corrected chi connectivity index (χ1v) is 4.22. The van der Waals surface area contributed by atoms with Gasteiger partial charge in [0, 0.05) is 10.9 Å². The van der Waals surface area contributed by atoms with Gasteiger partial charge in [0.25, 0.3) is 0 Å². The number of aldehydes is 1. The smallest absolute Gasteiger partial charge is 0.199 e. The summed E-state index contributed by atoms with van der Waals surface area (Å²) in [4.78, 5) is 27.7. The zero-order valence-electron chi connectivity index (χ0n) is 5.64. The molecule has 4 heteroatoms. The van der Waals surface area contributed by atoms with Crippen LogP contribution in [0.3, 0.4) is 0 Å². The summed E-state index contributed by atoms with van der Waals surface area (Å²) in [5, 5.41) is 0.393. The normalized spacial score (nSPS) is 10.1. The van der Waals surface area contributed by atoms with Crippen LogP contribution in [0.2, 0.25) is 0 Å². The van der Waals surface area contributed by atoms with Crippen molar-refractivity contribution in [2.75, 3.05) is 0 Å². The third-order valence-electron chi connectivity index (χ3n) is 1.24. The topological polar surface area (TPSA) is 57.5 Å². The molecule has 11 heavy (non-hydrogen) atoms. The monoisotopic (exact) mass is 170 g/mol. The summed E-state index contributed by atoms with van der Waals surface area (Å²) < 4.78 is 0. The third-order valence-corrected chi connectivity index (χ3v) is 1.98. The van der Waals surface area contributed by atoms with Gasteiger partial charge in [-0.25, -0.2) is 0 Å². The molecule has 0 spiro atoms. The summed E-state index contributed by atoms with van der Waals surface area (Å²) in [6, 6.07) is 6.24. The van der Waals surface area contributed by atoms with Crippen molar-refractivity contribution in [3.05, 3.63) is 29.8 Å². The molecule has 0 bridgehead atoms. The Morgan fingerprint density at radius 3 is 2.64 bits per heavy atom. The van der Waals surface area contributed by atoms with Crippen LogP contribution in [0, 0.1) is 0 Å². The van der Waals surface area contributed by atoms with E-state index in [2.05, 4.69) is 0 Å². The van der Waals surface area contributed by atoms with Crippen LogP contribution >= 0.6 is 8.38 Å². The minimum Gasteiger partial charge on any atom is -0.347 e. The van der Waals surface area contributed by atoms with Crippen LogP contribution in [-0.2, 0) is 0 Å². The highest BCUT2D eigenvalue weighted by molar-refractivity contribution is 7.54. The lowest BCUT2D eigenvalue weighted by atomic mass is 10.2. The van der Waals surface area contributed by atoms with E-state index < -0.39 is 8.38 Å². The molecular weight excluding hydrogens is 163 g/mol. The molecule has 0 radical (unpaired) electrons. The molecule has 0 saturated heterocycles. The van der Waals surface area contributed by atoms with E-state index in [9.17, 15) is 4.79 Å². The predicted octanol–water partition coefficient (Wildman–Crippen LogP) is 0.421. The molecule has 3 nitrogen and oxygen atoms in total. The third kappa shape index (κ3) is 2.09. The molecule has 0 aliphatic carbocycles. The fraction of sp³-hybridized carbons (Fsp3) is 0. The Hall–Kier alpha value is -0.760. The Morgan fingerprint density at radius 2 is 2.09 bits per heavy atom. The summed E-state index contributed by atoms with van der Waals surface area (Å²) >= 11 is 0. The molecule has 1 rings (SSSR count). The summed E-state index contributed by atoms with van der Waals surface area (Å²) in [6.45, 7) is 0. The van der Waals surface area contributed by atoms with Crippen LogP contribution in [0.25, 0.3) is 0 Å². The Balaban J connectivity index is 3.00. The first kappa shape index (κ1) is 8.34. The average Bonchev–Trinajstić information content (AvgIpc) is 2.05. The number of carbonyl (C=O) groups excluding carboxylic acids is 1. The number of rotatable bonds is 2. The quantitative estimate of drug-likeness (QED) is 0.499. The van der Waals surface area contributed by atoms with E-state index in [-0.39, 0.29) is 0 Å². The molecule has 1 aromatic carbocycles. The van der Waals surface area contributed by atoms with Crippen molar-refractivity contribution < 1.29 is 14.6 Å². The molecule has 1 aromatic rings. The Kier molecular flexibility index (Phi) is 2.71. The van der Waals surface area contributed by atoms with E-state index in [1.54, 1.807) is 18.2 Å². The van der Waals surface area contributed by atoms with E-state index in [0.717, 1.165) is 0 Å². The van der Waals surface area contributed by atoms with Crippen molar-refractivity contribution >= 4 is 20.0 Å². The van der Waals surface area contributed by atoms with Crippen molar-refractivity contribution in [2.45, 2.75) is 0 Å². The highest BCUT2D eigenvalue weighted by Gasteiger charge is 2.02.